The van der Waals surface area contributed by atoms with Crippen molar-refractivity contribution in [2.45, 2.75) is 6.54 Å². The van der Waals surface area contributed by atoms with E-state index in [1.165, 1.54) is 0 Å². The molecule has 0 spiro atoms. The number of anilines is 1. The van der Waals surface area contributed by atoms with E-state index in [9.17, 15) is 0 Å². The van der Waals surface area contributed by atoms with Crippen molar-refractivity contribution in [2.24, 2.45) is 0 Å². The van der Waals surface area contributed by atoms with Crippen LogP contribution in [0.4, 0.5) is 5.95 Å². The van der Waals surface area contributed by atoms with Crippen LogP contribution in [0.2, 0.25) is 0 Å². The van der Waals surface area contributed by atoms with Gasteiger partial charge in [0.1, 0.15) is 5.69 Å². The first kappa shape index (κ1) is 13.7. The molecular formula is C17H13N7O. The van der Waals surface area contributed by atoms with Crippen molar-refractivity contribution in [3.05, 3.63) is 54.4 Å². The molecule has 5 rings (SSSR count). The minimum Gasteiger partial charge on any atom is -0.463 e. The first-order valence-electron chi connectivity index (χ1n) is 7.75. The number of nitrogens with zero attached hydrogens (tertiary/aromatic N) is 5. The maximum absolute atomic E-state index is 5.89. The lowest BCUT2D eigenvalue weighted by molar-refractivity contribution is 0.580. The van der Waals surface area contributed by atoms with E-state index in [0.29, 0.717) is 29.2 Å². The van der Waals surface area contributed by atoms with Crippen LogP contribution in [-0.2, 0) is 6.54 Å². The third-order valence-electron chi connectivity index (χ3n) is 4.14. The monoisotopic (exact) mass is 331 g/mol. The summed E-state index contributed by atoms with van der Waals surface area (Å²) in [7, 11) is 0. The quantitative estimate of drug-likeness (QED) is 0.525. The third kappa shape index (κ3) is 2.15. The average Bonchev–Trinajstić information content (AvgIpc) is 3.35. The van der Waals surface area contributed by atoms with Crippen LogP contribution >= 0.6 is 0 Å². The third-order valence-corrected chi connectivity index (χ3v) is 4.14. The molecule has 0 bridgehead atoms. The van der Waals surface area contributed by atoms with E-state index in [1.54, 1.807) is 23.1 Å². The van der Waals surface area contributed by atoms with Gasteiger partial charge in [-0.1, -0.05) is 17.3 Å². The number of nitrogens with one attached hydrogen (secondary N) is 1. The molecule has 122 valence electrons. The predicted molar refractivity (Wildman–Crippen MR) is 92.6 cm³/mol. The Kier molecular flexibility index (Phi) is 2.84. The van der Waals surface area contributed by atoms with Gasteiger partial charge in [-0.2, -0.15) is 4.98 Å². The highest BCUT2D eigenvalue weighted by Crippen LogP contribution is 2.26. The zero-order chi connectivity index (χ0) is 16.8. The van der Waals surface area contributed by atoms with Crippen LogP contribution in [0.25, 0.3) is 33.5 Å². The van der Waals surface area contributed by atoms with Crippen molar-refractivity contribution < 1.29 is 4.42 Å². The van der Waals surface area contributed by atoms with Crippen molar-refractivity contribution in [3.63, 3.8) is 0 Å². The number of furan rings is 1. The van der Waals surface area contributed by atoms with E-state index in [4.69, 9.17) is 10.2 Å². The van der Waals surface area contributed by atoms with E-state index in [2.05, 4.69) is 31.3 Å². The molecule has 0 aliphatic heterocycles. The summed E-state index contributed by atoms with van der Waals surface area (Å²) in [5.41, 5.74) is 9.75. The minimum atomic E-state index is 0.155. The molecule has 0 saturated carbocycles. The molecule has 0 saturated heterocycles. The fourth-order valence-electron chi connectivity index (χ4n) is 3.01. The van der Waals surface area contributed by atoms with Gasteiger partial charge in [-0.25, -0.2) is 9.67 Å². The molecule has 0 aliphatic rings. The zero-order valence-corrected chi connectivity index (χ0v) is 13.0. The Morgan fingerprint density at radius 2 is 2.08 bits per heavy atom. The van der Waals surface area contributed by atoms with Crippen molar-refractivity contribution in [1.82, 2.24) is 29.9 Å². The summed E-state index contributed by atoms with van der Waals surface area (Å²) in [6.45, 7) is 0.528. The molecule has 4 aromatic heterocycles. The molecule has 4 heterocycles. The van der Waals surface area contributed by atoms with Gasteiger partial charge in [-0.05, 0) is 29.8 Å². The fourth-order valence-corrected chi connectivity index (χ4v) is 3.01. The molecule has 5 aromatic rings. The highest BCUT2D eigenvalue weighted by molar-refractivity contribution is 5.86. The Bertz CT molecular complexity index is 1190. The smallest absolute Gasteiger partial charge is 0.222 e. The first-order valence-corrected chi connectivity index (χ1v) is 7.75. The molecule has 0 aliphatic carbocycles. The normalized spacial score (nSPS) is 11.5. The Labute approximate surface area is 141 Å². The Hall–Kier alpha value is -3.68. The van der Waals surface area contributed by atoms with E-state index in [1.807, 2.05) is 24.4 Å². The van der Waals surface area contributed by atoms with Crippen LogP contribution in [0.5, 0.6) is 0 Å². The van der Waals surface area contributed by atoms with Crippen LogP contribution in [0.3, 0.4) is 0 Å². The lowest BCUT2D eigenvalue weighted by Gasteiger charge is -2.05. The summed E-state index contributed by atoms with van der Waals surface area (Å²) < 4.78 is 7.15. The molecule has 0 radical (unpaired) electrons. The van der Waals surface area contributed by atoms with Crippen LogP contribution in [0.1, 0.15) is 5.56 Å². The molecule has 8 heteroatoms. The molecule has 0 unspecified atom stereocenters. The Morgan fingerprint density at radius 1 is 1.12 bits per heavy atom. The van der Waals surface area contributed by atoms with Crippen molar-refractivity contribution >= 4 is 28.0 Å². The van der Waals surface area contributed by atoms with Crippen LogP contribution in [-0.4, -0.2) is 29.9 Å². The van der Waals surface area contributed by atoms with Crippen molar-refractivity contribution in [3.8, 4) is 11.5 Å². The highest BCUT2D eigenvalue weighted by Gasteiger charge is 2.17. The SMILES string of the molecule is Nc1nc(-c2ccco2)c2nnn(Cc3cccc4[nH]ccc34)c2n1. The standard InChI is InChI=1S/C17H13N7O/c18-17-20-14(13-5-2-8-25-13)15-16(21-17)24(23-22-15)9-10-3-1-4-12-11(10)6-7-19-12/h1-8,19H,9H2,(H2,18,20,21). The topological polar surface area (TPSA) is 111 Å². The molecule has 3 N–H and O–H groups in total. The number of H-pyrrole nitrogens is 1. The minimum absolute atomic E-state index is 0.155. The molecule has 1 aromatic carbocycles. The summed E-state index contributed by atoms with van der Waals surface area (Å²) in [6, 6.07) is 11.7. The summed E-state index contributed by atoms with van der Waals surface area (Å²) in [5, 5.41) is 9.63. The van der Waals surface area contributed by atoms with Gasteiger partial charge in [0, 0.05) is 17.1 Å². The summed E-state index contributed by atoms with van der Waals surface area (Å²) in [4.78, 5) is 11.8. The van der Waals surface area contributed by atoms with E-state index in [0.717, 1.165) is 16.5 Å². The van der Waals surface area contributed by atoms with Gasteiger partial charge in [0.25, 0.3) is 0 Å². The van der Waals surface area contributed by atoms with Gasteiger partial charge in [0.05, 0.1) is 12.8 Å². The number of aromatic nitrogens is 6. The van der Waals surface area contributed by atoms with E-state index < -0.39 is 0 Å². The lowest BCUT2D eigenvalue weighted by atomic mass is 10.1. The highest BCUT2D eigenvalue weighted by atomic mass is 16.3. The predicted octanol–water partition coefficient (Wildman–Crippen LogP) is 2.59. The van der Waals surface area contributed by atoms with Gasteiger partial charge in [-0.15, -0.1) is 5.10 Å². The fraction of sp³-hybridized carbons (Fsp3) is 0.0588. The number of benzene rings is 1. The Balaban J connectivity index is 1.67. The van der Waals surface area contributed by atoms with E-state index in [-0.39, 0.29) is 5.95 Å². The molecule has 0 atom stereocenters. The summed E-state index contributed by atoms with van der Waals surface area (Å²) in [6.07, 6.45) is 3.50. The van der Waals surface area contributed by atoms with Gasteiger partial charge in [-0.3, -0.25) is 0 Å². The largest absolute Gasteiger partial charge is 0.463 e. The van der Waals surface area contributed by atoms with Crippen LogP contribution in [0.15, 0.2) is 53.3 Å². The second-order valence-electron chi connectivity index (χ2n) is 5.68. The van der Waals surface area contributed by atoms with Gasteiger partial charge >= 0.3 is 0 Å². The number of rotatable bonds is 3. The number of fused-ring (bicyclic) bond motifs is 2. The van der Waals surface area contributed by atoms with Gasteiger partial charge in [0.15, 0.2) is 16.9 Å². The molecular weight excluding hydrogens is 318 g/mol. The van der Waals surface area contributed by atoms with E-state index >= 15 is 0 Å². The first-order chi connectivity index (χ1) is 12.3. The van der Waals surface area contributed by atoms with Crippen molar-refractivity contribution in [1.29, 1.82) is 0 Å². The van der Waals surface area contributed by atoms with Crippen molar-refractivity contribution in [2.75, 3.05) is 5.73 Å². The Morgan fingerprint density at radius 3 is 2.96 bits per heavy atom. The maximum Gasteiger partial charge on any atom is 0.222 e. The maximum atomic E-state index is 5.89. The molecule has 25 heavy (non-hydrogen) atoms. The molecule has 0 fully saturated rings. The molecule has 0 amide bonds. The average molecular weight is 331 g/mol. The van der Waals surface area contributed by atoms with Gasteiger partial charge in [0.2, 0.25) is 5.95 Å². The number of nitrogens with two attached hydrogens (primary N) is 1. The lowest BCUT2D eigenvalue weighted by Crippen LogP contribution is -2.05. The second kappa shape index (κ2) is 5.17. The zero-order valence-electron chi connectivity index (χ0n) is 13.0. The summed E-state index contributed by atoms with van der Waals surface area (Å²) >= 11 is 0. The summed E-state index contributed by atoms with van der Waals surface area (Å²) in [5.74, 6) is 0.737. The van der Waals surface area contributed by atoms with Crippen LogP contribution in [0, 0.1) is 0 Å². The number of aromatic amines is 1. The second-order valence-corrected chi connectivity index (χ2v) is 5.68. The number of hydrogen-bond acceptors (Lipinski definition) is 6. The number of hydrogen-bond donors (Lipinski definition) is 2. The van der Waals surface area contributed by atoms with Crippen LogP contribution < -0.4 is 5.73 Å². The molecule has 8 nitrogen and oxygen atoms in total. The van der Waals surface area contributed by atoms with Gasteiger partial charge < -0.3 is 15.1 Å². The number of nitrogen functional groups attached to an aromatic ring is 1.